The van der Waals surface area contributed by atoms with E-state index in [2.05, 4.69) is 9.97 Å². The first-order valence-corrected chi connectivity index (χ1v) is 16.0. The van der Waals surface area contributed by atoms with E-state index in [0.29, 0.717) is 42.8 Å². The van der Waals surface area contributed by atoms with Crippen molar-refractivity contribution in [2.45, 2.75) is 68.8 Å². The van der Waals surface area contributed by atoms with Gasteiger partial charge in [0, 0.05) is 31.5 Å². The Hall–Kier alpha value is -4.28. The summed E-state index contributed by atoms with van der Waals surface area (Å²) < 4.78 is 71.6. The van der Waals surface area contributed by atoms with E-state index in [0.717, 1.165) is 18.4 Å². The van der Waals surface area contributed by atoms with Gasteiger partial charge in [0.2, 0.25) is 15.9 Å². The largest absolute Gasteiger partial charge is 0.497 e. The molecule has 0 radical (unpaired) electrons. The Labute approximate surface area is 269 Å². The van der Waals surface area contributed by atoms with Gasteiger partial charge in [0.25, 0.3) is 5.91 Å². The third-order valence-electron chi connectivity index (χ3n) is 7.70. The first-order valence-electron chi connectivity index (χ1n) is 14.6. The van der Waals surface area contributed by atoms with Gasteiger partial charge in [-0.2, -0.15) is 17.5 Å². The number of rotatable bonds is 9. The van der Waals surface area contributed by atoms with Crippen LogP contribution < -0.4 is 4.74 Å². The van der Waals surface area contributed by atoms with E-state index in [1.165, 1.54) is 10.6 Å². The van der Waals surface area contributed by atoms with E-state index in [4.69, 9.17) is 19.1 Å². The second kappa shape index (κ2) is 14.2. The SMILES string of the molecule is COc1cc(C)c(S(=O)(=O)N(Cc2nc(C(=O)N3CCC(O)(/C=C/c4ccncc4)CC3)co2)C2CC2)c(C)c1.O=C(O)C(F)(F)F. The number of carbonyl (C=O) groups is 2. The minimum atomic E-state index is -5.08. The van der Waals surface area contributed by atoms with E-state index in [1.807, 2.05) is 18.2 Å². The van der Waals surface area contributed by atoms with Gasteiger partial charge in [-0.3, -0.25) is 9.78 Å². The summed E-state index contributed by atoms with van der Waals surface area (Å²) in [5.74, 6) is -2.30. The Kier molecular flexibility index (Phi) is 10.8. The predicted octanol–water partition coefficient (Wildman–Crippen LogP) is 4.36. The lowest BCUT2D eigenvalue weighted by Crippen LogP contribution is -2.45. The third-order valence-corrected chi connectivity index (χ3v) is 9.91. The van der Waals surface area contributed by atoms with Crippen molar-refractivity contribution in [1.82, 2.24) is 19.2 Å². The predicted molar refractivity (Wildman–Crippen MR) is 162 cm³/mol. The van der Waals surface area contributed by atoms with Crippen molar-refractivity contribution >= 4 is 28.0 Å². The number of pyridine rings is 1. The van der Waals surface area contributed by atoms with Crippen LogP contribution in [0.3, 0.4) is 0 Å². The standard InChI is InChI=1S/C29H34N4O6S.C2HF3O2/c1-20-16-24(38-3)17-21(2)27(20)40(36,37)33(23-4-5-23)18-26-31-25(19-39-26)28(34)32-14-10-29(35,11-15-32)9-6-22-7-12-30-13-8-22;3-2(4,5)1(6)7/h6-9,12-13,16-17,19,23,35H,4-5,10-11,14-15,18H2,1-3H3;(H,6,7)/b9-6+;. The van der Waals surface area contributed by atoms with E-state index in [9.17, 15) is 31.5 Å². The molecule has 1 saturated carbocycles. The number of aliphatic hydroxyl groups is 1. The van der Waals surface area contributed by atoms with Crippen LogP contribution in [0.4, 0.5) is 13.2 Å². The zero-order valence-electron chi connectivity index (χ0n) is 25.9. The van der Waals surface area contributed by atoms with Crippen LogP contribution in [-0.4, -0.2) is 87.7 Å². The maximum atomic E-state index is 13.8. The van der Waals surface area contributed by atoms with Gasteiger partial charge in [-0.15, -0.1) is 0 Å². The zero-order chi connectivity index (χ0) is 34.6. The molecule has 5 rings (SSSR count). The van der Waals surface area contributed by atoms with Gasteiger partial charge >= 0.3 is 12.1 Å². The number of halogens is 3. The molecule has 3 heterocycles. The highest BCUT2D eigenvalue weighted by Gasteiger charge is 2.41. The fourth-order valence-electron chi connectivity index (χ4n) is 5.09. The summed E-state index contributed by atoms with van der Waals surface area (Å²) in [6, 6.07) is 6.99. The molecule has 47 heavy (non-hydrogen) atoms. The summed E-state index contributed by atoms with van der Waals surface area (Å²) in [4.78, 5) is 32.3. The number of likely N-dealkylation sites (tertiary alicyclic amines) is 1. The number of nitrogens with zero attached hydrogens (tertiary/aromatic N) is 4. The maximum Gasteiger partial charge on any atom is 0.490 e. The number of hydrogen-bond acceptors (Lipinski definition) is 9. The minimum Gasteiger partial charge on any atom is -0.497 e. The number of aromatic nitrogens is 2. The number of amides is 1. The van der Waals surface area contributed by atoms with Crippen LogP contribution in [0.5, 0.6) is 5.75 Å². The molecule has 0 spiro atoms. The Bertz CT molecular complexity index is 1690. The molecule has 1 aliphatic heterocycles. The van der Waals surface area contributed by atoms with Crippen molar-refractivity contribution in [2.75, 3.05) is 20.2 Å². The van der Waals surface area contributed by atoms with Crippen molar-refractivity contribution in [1.29, 1.82) is 0 Å². The number of carboxylic acids is 1. The number of carbonyl (C=O) groups excluding carboxylic acids is 1. The van der Waals surface area contributed by atoms with Crippen LogP contribution in [0.2, 0.25) is 0 Å². The fraction of sp³-hybridized carbons (Fsp3) is 0.419. The van der Waals surface area contributed by atoms with Crippen LogP contribution in [0.25, 0.3) is 6.08 Å². The monoisotopic (exact) mass is 680 g/mol. The molecule has 0 atom stereocenters. The van der Waals surface area contributed by atoms with Gasteiger partial charge in [-0.05, 0) is 80.5 Å². The van der Waals surface area contributed by atoms with Gasteiger partial charge in [0.15, 0.2) is 5.69 Å². The van der Waals surface area contributed by atoms with Crippen LogP contribution >= 0.6 is 0 Å². The molecule has 2 aromatic heterocycles. The molecule has 2 fully saturated rings. The molecule has 0 unspecified atom stereocenters. The number of alkyl halides is 3. The van der Waals surface area contributed by atoms with E-state index >= 15 is 0 Å². The highest BCUT2D eigenvalue weighted by atomic mass is 32.2. The van der Waals surface area contributed by atoms with Gasteiger partial charge in [0.1, 0.15) is 12.0 Å². The lowest BCUT2D eigenvalue weighted by atomic mass is 9.90. The van der Waals surface area contributed by atoms with Crippen molar-refractivity contribution in [2.24, 2.45) is 0 Å². The quantitative estimate of drug-likeness (QED) is 0.332. The second-order valence-electron chi connectivity index (χ2n) is 11.3. The van der Waals surface area contributed by atoms with E-state index in [1.54, 1.807) is 56.5 Å². The van der Waals surface area contributed by atoms with Crippen LogP contribution in [0, 0.1) is 13.8 Å². The number of oxazole rings is 1. The first-order chi connectivity index (χ1) is 22.0. The highest BCUT2D eigenvalue weighted by molar-refractivity contribution is 7.89. The minimum absolute atomic E-state index is 0.0647. The van der Waals surface area contributed by atoms with Crippen LogP contribution in [-0.2, 0) is 21.4 Å². The molecule has 1 amide bonds. The van der Waals surface area contributed by atoms with Gasteiger partial charge in [0.05, 0.1) is 24.2 Å². The summed E-state index contributed by atoms with van der Waals surface area (Å²) in [5.41, 5.74) is 1.26. The number of benzene rings is 1. The average Bonchev–Trinajstić information content (AvgIpc) is 3.74. The summed E-state index contributed by atoms with van der Waals surface area (Å²) >= 11 is 0. The molecular weight excluding hydrogens is 645 g/mol. The number of aryl methyl sites for hydroxylation is 2. The lowest BCUT2D eigenvalue weighted by Gasteiger charge is -2.36. The normalized spacial score (nSPS) is 16.6. The Morgan fingerprint density at radius 1 is 1.15 bits per heavy atom. The molecule has 16 heteroatoms. The summed E-state index contributed by atoms with van der Waals surface area (Å²) in [7, 11) is -2.30. The topological polar surface area (TPSA) is 163 Å². The number of aliphatic carboxylic acids is 1. The van der Waals surface area contributed by atoms with Crippen LogP contribution in [0.1, 0.15) is 58.8 Å². The average molecular weight is 681 g/mol. The second-order valence-corrected chi connectivity index (χ2v) is 13.1. The fourth-order valence-corrected chi connectivity index (χ4v) is 7.14. The Morgan fingerprint density at radius 2 is 1.72 bits per heavy atom. The number of ether oxygens (including phenoxy) is 1. The van der Waals surface area contributed by atoms with E-state index in [-0.39, 0.29) is 35.0 Å². The maximum absolute atomic E-state index is 13.8. The molecular formula is C31H35F3N4O8S. The number of sulfonamides is 1. The van der Waals surface area contributed by atoms with Gasteiger partial charge in [-0.1, -0.05) is 12.2 Å². The molecule has 2 aliphatic rings. The summed E-state index contributed by atoms with van der Waals surface area (Å²) in [5, 5.41) is 18.1. The van der Waals surface area contributed by atoms with Crippen molar-refractivity contribution in [3.63, 3.8) is 0 Å². The third kappa shape index (κ3) is 8.96. The molecule has 0 bridgehead atoms. The molecule has 2 N–H and O–H groups in total. The number of carboxylic acid groups (broad SMARTS) is 1. The lowest BCUT2D eigenvalue weighted by molar-refractivity contribution is -0.192. The van der Waals surface area contributed by atoms with Gasteiger partial charge in [-0.25, -0.2) is 18.2 Å². The van der Waals surface area contributed by atoms with Crippen molar-refractivity contribution < 1.29 is 50.5 Å². The number of methoxy groups -OCH3 is 1. The Morgan fingerprint density at radius 3 is 2.23 bits per heavy atom. The molecule has 1 saturated heterocycles. The molecule has 1 aliphatic carbocycles. The molecule has 1 aromatic carbocycles. The molecule has 12 nitrogen and oxygen atoms in total. The van der Waals surface area contributed by atoms with Crippen LogP contribution in [0.15, 0.2) is 58.3 Å². The van der Waals surface area contributed by atoms with Gasteiger partial charge < -0.3 is 24.3 Å². The first kappa shape index (κ1) is 35.6. The summed E-state index contributed by atoms with van der Waals surface area (Å²) in [6.45, 7) is 4.16. The summed E-state index contributed by atoms with van der Waals surface area (Å²) in [6.07, 6.45) is 5.50. The zero-order valence-corrected chi connectivity index (χ0v) is 26.7. The number of piperidine rings is 1. The smallest absolute Gasteiger partial charge is 0.490 e. The molecule has 254 valence electrons. The highest BCUT2D eigenvalue weighted by Crippen LogP contribution is 2.36. The van der Waals surface area contributed by atoms with Crippen molar-refractivity contribution in [3.8, 4) is 5.75 Å². The Balaban J connectivity index is 0.000000644. The molecule has 3 aromatic rings. The number of hydrogen-bond donors (Lipinski definition) is 2. The van der Waals surface area contributed by atoms with Crippen molar-refractivity contribution in [3.05, 3.63) is 77.3 Å². The van der Waals surface area contributed by atoms with E-state index < -0.39 is 27.8 Å².